The summed E-state index contributed by atoms with van der Waals surface area (Å²) < 4.78 is 29.1. The zero-order valence-corrected chi connectivity index (χ0v) is 18.1. The molecule has 0 unspecified atom stereocenters. The Balaban J connectivity index is 1.70. The van der Waals surface area contributed by atoms with Crippen molar-refractivity contribution >= 4 is 23.6 Å². The Labute approximate surface area is 186 Å². The molecule has 0 radical (unpaired) electrons. The lowest BCUT2D eigenvalue weighted by molar-refractivity contribution is 0.104. The molecule has 0 atom stereocenters. The topological polar surface area (TPSA) is 56.8 Å². The highest BCUT2D eigenvalue weighted by Crippen LogP contribution is 2.38. The first-order valence-corrected chi connectivity index (χ1v) is 9.85. The molecule has 0 spiro atoms. The van der Waals surface area contributed by atoms with E-state index >= 15 is 0 Å². The molecule has 0 fully saturated rings. The van der Waals surface area contributed by atoms with Crippen LogP contribution < -0.4 is 19.5 Å². The third-order valence-corrected chi connectivity index (χ3v) is 4.66. The third kappa shape index (κ3) is 5.76. The van der Waals surface area contributed by atoms with Crippen molar-refractivity contribution < 1.29 is 23.4 Å². The van der Waals surface area contributed by atoms with Crippen molar-refractivity contribution in [2.45, 2.75) is 0 Å². The standard InChI is InChI=1S/C26H24FNO4/c1-30-24-16-19(17-25(31-2)26(24)32-3)8-7-18-5-4-6-22(15-18)28-14-13-23(29)20-9-11-21(27)12-10-20/h4-17,28H,1-3H3/b8-7?,14-13-. The Morgan fingerprint density at radius 2 is 1.50 bits per heavy atom. The highest BCUT2D eigenvalue weighted by atomic mass is 19.1. The van der Waals surface area contributed by atoms with Crippen molar-refractivity contribution in [3.8, 4) is 17.2 Å². The van der Waals surface area contributed by atoms with E-state index in [0.29, 0.717) is 22.8 Å². The van der Waals surface area contributed by atoms with Gasteiger partial charge in [-0.2, -0.15) is 0 Å². The van der Waals surface area contributed by atoms with Gasteiger partial charge in [0.2, 0.25) is 5.75 Å². The molecule has 3 rings (SSSR count). The van der Waals surface area contributed by atoms with E-state index in [1.807, 2.05) is 48.6 Å². The van der Waals surface area contributed by atoms with Gasteiger partial charge in [0, 0.05) is 23.5 Å². The number of allylic oxidation sites excluding steroid dienone is 1. The van der Waals surface area contributed by atoms with E-state index in [0.717, 1.165) is 16.8 Å². The van der Waals surface area contributed by atoms with Gasteiger partial charge in [-0.1, -0.05) is 24.3 Å². The van der Waals surface area contributed by atoms with Crippen LogP contribution in [0.4, 0.5) is 10.1 Å². The van der Waals surface area contributed by atoms with Crippen LogP contribution in [0.25, 0.3) is 12.2 Å². The molecule has 0 aromatic heterocycles. The van der Waals surface area contributed by atoms with Gasteiger partial charge in [0.1, 0.15) is 5.82 Å². The molecule has 0 amide bonds. The highest BCUT2D eigenvalue weighted by molar-refractivity contribution is 6.04. The Kier molecular flexibility index (Phi) is 7.65. The van der Waals surface area contributed by atoms with Crippen LogP contribution in [0, 0.1) is 5.82 Å². The minimum atomic E-state index is -0.375. The van der Waals surface area contributed by atoms with E-state index in [1.54, 1.807) is 27.5 Å². The molecule has 1 N–H and O–H groups in total. The maximum absolute atomic E-state index is 13.0. The van der Waals surface area contributed by atoms with E-state index in [2.05, 4.69) is 5.32 Å². The fraction of sp³-hybridized carbons (Fsp3) is 0.115. The summed E-state index contributed by atoms with van der Waals surface area (Å²) in [6, 6.07) is 16.9. The quantitative estimate of drug-likeness (QED) is 0.261. The molecule has 3 aromatic rings. The molecule has 0 heterocycles. The predicted octanol–water partition coefficient (Wildman–Crippen LogP) is 5.83. The maximum Gasteiger partial charge on any atom is 0.203 e. The second-order valence-electron chi connectivity index (χ2n) is 6.77. The minimum Gasteiger partial charge on any atom is -0.493 e. The number of halogens is 1. The van der Waals surface area contributed by atoms with E-state index in [-0.39, 0.29) is 11.6 Å². The fourth-order valence-corrected chi connectivity index (χ4v) is 3.05. The number of ketones is 1. The van der Waals surface area contributed by atoms with Crippen LogP contribution in [-0.2, 0) is 0 Å². The van der Waals surface area contributed by atoms with Crippen molar-refractivity contribution in [2.24, 2.45) is 0 Å². The number of carbonyl (C=O) groups is 1. The van der Waals surface area contributed by atoms with Crippen molar-refractivity contribution in [1.82, 2.24) is 0 Å². The zero-order chi connectivity index (χ0) is 22.9. The first-order chi connectivity index (χ1) is 15.5. The van der Waals surface area contributed by atoms with Crippen LogP contribution in [0.3, 0.4) is 0 Å². The molecular weight excluding hydrogens is 409 g/mol. The van der Waals surface area contributed by atoms with Gasteiger partial charge >= 0.3 is 0 Å². The van der Waals surface area contributed by atoms with Crippen molar-refractivity contribution in [1.29, 1.82) is 0 Å². The van der Waals surface area contributed by atoms with E-state index in [4.69, 9.17) is 14.2 Å². The molecule has 0 saturated heterocycles. The number of rotatable bonds is 9. The van der Waals surface area contributed by atoms with Gasteiger partial charge in [0.25, 0.3) is 0 Å². The monoisotopic (exact) mass is 433 g/mol. The summed E-state index contributed by atoms with van der Waals surface area (Å²) in [5.74, 6) is 1.12. The number of hydrogen-bond acceptors (Lipinski definition) is 5. The second-order valence-corrected chi connectivity index (χ2v) is 6.77. The molecule has 32 heavy (non-hydrogen) atoms. The van der Waals surface area contributed by atoms with Gasteiger partial charge in [-0.05, 0) is 59.7 Å². The Bertz CT molecular complexity index is 1110. The van der Waals surface area contributed by atoms with Gasteiger partial charge in [-0.15, -0.1) is 0 Å². The summed E-state index contributed by atoms with van der Waals surface area (Å²) >= 11 is 0. The number of ether oxygens (including phenoxy) is 3. The maximum atomic E-state index is 13.0. The van der Waals surface area contributed by atoms with E-state index in [1.165, 1.54) is 30.3 Å². The van der Waals surface area contributed by atoms with Crippen molar-refractivity contribution in [2.75, 3.05) is 26.6 Å². The molecule has 0 aliphatic carbocycles. The normalized spacial score (nSPS) is 11.0. The molecular formula is C26H24FNO4. The Morgan fingerprint density at radius 1 is 0.844 bits per heavy atom. The molecule has 6 heteroatoms. The number of hydrogen-bond donors (Lipinski definition) is 1. The number of benzene rings is 3. The first-order valence-electron chi connectivity index (χ1n) is 9.85. The number of carbonyl (C=O) groups excluding carboxylic acids is 1. The molecule has 0 saturated carbocycles. The highest BCUT2D eigenvalue weighted by Gasteiger charge is 2.12. The molecule has 0 bridgehead atoms. The lowest BCUT2D eigenvalue weighted by Crippen LogP contribution is -1.96. The van der Waals surface area contributed by atoms with Gasteiger partial charge in [0.15, 0.2) is 17.3 Å². The van der Waals surface area contributed by atoms with Crippen LogP contribution in [0.15, 0.2) is 72.9 Å². The first kappa shape index (κ1) is 22.6. The number of anilines is 1. The third-order valence-electron chi connectivity index (χ3n) is 4.66. The number of nitrogens with one attached hydrogen (secondary N) is 1. The molecule has 164 valence electrons. The smallest absolute Gasteiger partial charge is 0.203 e. The SMILES string of the molecule is COc1cc(C=Cc2cccc(N/C=C\C(=O)c3ccc(F)cc3)c2)cc(OC)c1OC. The van der Waals surface area contributed by atoms with Crippen LogP contribution in [-0.4, -0.2) is 27.1 Å². The molecule has 0 aliphatic rings. The van der Waals surface area contributed by atoms with Crippen LogP contribution >= 0.6 is 0 Å². The second kappa shape index (κ2) is 10.8. The van der Waals surface area contributed by atoms with Crippen molar-refractivity contribution in [3.05, 3.63) is 95.4 Å². The Morgan fingerprint density at radius 3 is 2.12 bits per heavy atom. The summed E-state index contributed by atoms with van der Waals surface area (Å²) in [5, 5.41) is 3.08. The van der Waals surface area contributed by atoms with E-state index in [9.17, 15) is 9.18 Å². The summed E-state index contributed by atoms with van der Waals surface area (Å²) in [6.45, 7) is 0. The average Bonchev–Trinajstić information content (AvgIpc) is 2.82. The summed E-state index contributed by atoms with van der Waals surface area (Å²) in [6.07, 6.45) is 6.87. The van der Waals surface area contributed by atoms with Gasteiger partial charge in [-0.25, -0.2) is 4.39 Å². The Hall–Kier alpha value is -4.06. The number of methoxy groups -OCH3 is 3. The molecule has 5 nitrogen and oxygen atoms in total. The van der Waals surface area contributed by atoms with Crippen molar-refractivity contribution in [3.63, 3.8) is 0 Å². The summed E-state index contributed by atoms with van der Waals surface area (Å²) in [7, 11) is 4.72. The van der Waals surface area contributed by atoms with Gasteiger partial charge in [0.05, 0.1) is 21.3 Å². The van der Waals surface area contributed by atoms with E-state index < -0.39 is 0 Å². The van der Waals surface area contributed by atoms with Crippen LogP contribution in [0.1, 0.15) is 21.5 Å². The molecule has 3 aromatic carbocycles. The van der Waals surface area contributed by atoms with Crippen LogP contribution in [0.2, 0.25) is 0 Å². The fourth-order valence-electron chi connectivity index (χ4n) is 3.05. The zero-order valence-electron chi connectivity index (χ0n) is 18.1. The largest absolute Gasteiger partial charge is 0.493 e. The summed E-state index contributed by atoms with van der Waals surface area (Å²) in [4.78, 5) is 12.1. The predicted molar refractivity (Wildman–Crippen MR) is 125 cm³/mol. The lowest BCUT2D eigenvalue weighted by Gasteiger charge is -2.12. The minimum absolute atomic E-state index is 0.212. The van der Waals surface area contributed by atoms with Gasteiger partial charge in [-0.3, -0.25) is 4.79 Å². The summed E-state index contributed by atoms with van der Waals surface area (Å²) in [5.41, 5.74) is 3.09. The van der Waals surface area contributed by atoms with Gasteiger partial charge < -0.3 is 19.5 Å². The lowest BCUT2D eigenvalue weighted by atomic mass is 10.1. The molecule has 0 aliphatic heterocycles. The van der Waals surface area contributed by atoms with Crippen LogP contribution in [0.5, 0.6) is 17.2 Å². The average molecular weight is 433 g/mol.